The monoisotopic (exact) mass is 404 g/mol. The Hall–Kier alpha value is -0.930. The van der Waals surface area contributed by atoms with Crippen molar-refractivity contribution in [2.45, 2.75) is 16.5 Å². The lowest BCUT2D eigenvalue weighted by Crippen LogP contribution is -2.22. The van der Waals surface area contributed by atoms with E-state index >= 15 is 0 Å². The highest BCUT2D eigenvalue weighted by Gasteiger charge is 2.27. The molecule has 0 saturated heterocycles. The number of aliphatic imine (C=N–C) groups is 1. The van der Waals surface area contributed by atoms with Gasteiger partial charge in [0.15, 0.2) is 0 Å². The summed E-state index contributed by atoms with van der Waals surface area (Å²) in [7, 11) is -2.05. The van der Waals surface area contributed by atoms with Gasteiger partial charge in [-0.15, -0.1) is 11.8 Å². The number of allylic oxidation sites excluding steroid dienone is 2. The third-order valence-corrected chi connectivity index (χ3v) is 6.43. The van der Waals surface area contributed by atoms with Crippen molar-refractivity contribution in [3.8, 4) is 0 Å². The number of hydrogen-bond donors (Lipinski definition) is 1. The van der Waals surface area contributed by atoms with E-state index in [-0.39, 0.29) is 4.90 Å². The predicted molar refractivity (Wildman–Crippen MR) is 103 cm³/mol. The summed E-state index contributed by atoms with van der Waals surface area (Å²) in [4.78, 5) is 7.62. The first kappa shape index (κ1) is 19.4. The highest BCUT2D eigenvalue weighted by Crippen LogP contribution is 2.40. The maximum Gasteiger partial charge on any atom is 0.294 e. The van der Waals surface area contributed by atoms with Gasteiger partial charge in [-0.3, -0.25) is 4.55 Å². The smallest absolute Gasteiger partial charge is 0.294 e. The maximum absolute atomic E-state index is 10.5. The standard InChI is InChI=1S/C8H9ClN2S2.C7H8O3S/c1-11-4-5(9)3-6-7(11)10-8(12-2)13-6;1-6-2-4-7(5-3-6)11(8,9)10/h3-4,8H,1-2H3;2-5H,1H3,(H,8,9,10). The van der Waals surface area contributed by atoms with E-state index in [2.05, 4.69) is 11.2 Å². The molecular weight excluding hydrogens is 388 g/mol. The molecule has 0 aliphatic carbocycles. The van der Waals surface area contributed by atoms with Crippen molar-refractivity contribution in [3.05, 3.63) is 52.0 Å². The van der Waals surface area contributed by atoms with Gasteiger partial charge in [0.25, 0.3) is 10.1 Å². The van der Waals surface area contributed by atoms with E-state index in [1.807, 2.05) is 31.1 Å². The predicted octanol–water partition coefficient (Wildman–Crippen LogP) is 3.93. The van der Waals surface area contributed by atoms with E-state index in [1.165, 1.54) is 17.0 Å². The van der Waals surface area contributed by atoms with Crippen molar-refractivity contribution < 1.29 is 13.0 Å². The van der Waals surface area contributed by atoms with Crippen molar-refractivity contribution in [1.82, 2.24) is 4.90 Å². The van der Waals surface area contributed by atoms with Crippen LogP contribution in [0.4, 0.5) is 0 Å². The fraction of sp³-hybridized carbons (Fsp3) is 0.267. The molecule has 2 aliphatic heterocycles. The molecule has 0 radical (unpaired) electrons. The fourth-order valence-electron chi connectivity index (χ4n) is 1.93. The molecule has 0 amide bonds. The van der Waals surface area contributed by atoms with Crippen LogP contribution in [0.25, 0.3) is 0 Å². The first-order chi connectivity index (χ1) is 11.2. The number of halogens is 1. The van der Waals surface area contributed by atoms with Gasteiger partial charge >= 0.3 is 0 Å². The van der Waals surface area contributed by atoms with E-state index in [1.54, 1.807) is 35.7 Å². The number of rotatable bonds is 2. The Balaban J connectivity index is 0.000000177. The summed E-state index contributed by atoms with van der Waals surface area (Å²) in [5.74, 6) is 1.04. The van der Waals surface area contributed by atoms with Crippen LogP contribution in [-0.2, 0) is 10.1 Å². The zero-order valence-corrected chi connectivity index (χ0v) is 16.5. The van der Waals surface area contributed by atoms with Crippen LogP contribution in [0.3, 0.4) is 0 Å². The van der Waals surface area contributed by atoms with Crippen molar-refractivity contribution in [1.29, 1.82) is 0 Å². The zero-order chi connectivity index (χ0) is 17.9. The number of nitrogens with zero attached hydrogens (tertiary/aromatic N) is 2. The minimum Gasteiger partial charge on any atom is -0.334 e. The Kier molecular flexibility index (Phi) is 6.44. The summed E-state index contributed by atoms with van der Waals surface area (Å²) in [5.41, 5.74) is 0.956. The van der Waals surface area contributed by atoms with Crippen molar-refractivity contribution >= 4 is 51.1 Å². The van der Waals surface area contributed by atoms with E-state index in [0.717, 1.165) is 16.4 Å². The SMILES string of the molecule is CSC1N=C2C(=CC(Cl)=CN2C)S1.Cc1ccc(S(=O)(=O)O)cc1. The van der Waals surface area contributed by atoms with Gasteiger partial charge in [-0.2, -0.15) is 8.42 Å². The van der Waals surface area contributed by atoms with Crippen LogP contribution in [0.1, 0.15) is 5.56 Å². The number of likely N-dealkylation sites (N-methyl/N-ethyl adjacent to an activating group) is 1. The second kappa shape index (κ2) is 7.97. The molecular formula is C15H17ClN2O3S3. The number of benzene rings is 1. The number of fused-ring (bicyclic) bond motifs is 1. The highest BCUT2D eigenvalue weighted by molar-refractivity contribution is 8.19. The van der Waals surface area contributed by atoms with Crippen LogP contribution in [0.2, 0.25) is 0 Å². The van der Waals surface area contributed by atoms with Crippen molar-refractivity contribution in [2.75, 3.05) is 13.3 Å². The Labute approximate surface area is 155 Å². The minimum atomic E-state index is -4.02. The molecule has 1 unspecified atom stereocenters. The van der Waals surface area contributed by atoms with Crippen LogP contribution < -0.4 is 0 Å². The van der Waals surface area contributed by atoms with Gasteiger partial charge in [0.2, 0.25) is 0 Å². The lowest BCUT2D eigenvalue weighted by molar-refractivity contribution is 0.483. The first-order valence-electron chi connectivity index (χ1n) is 6.84. The molecule has 2 aliphatic rings. The van der Waals surface area contributed by atoms with Crippen molar-refractivity contribution in [3.63, 3.8) is 0 Å². The second-order valence-corrected chi connectivity index (χ2v) is 9.23. The average Bonchev–Trinajstić information content (AvgIpc) is 2.91. The number of hydrogen-bond acceptors (Lipinski definition) is 6. The molecule has 0 bridgehead atoms. The van der Waals surface area contributed by atoms with Crippen LogP contribution in [0.5, 0.6) is 0 Å². The molecule has 1 N–H and O–H groups in total. The molecule has 2 heterocycles. The highest BCUT2D eigenvalue weighted by atomic mass is 35.5. The third kappa shape index (κ3) is 5.03. The molecule has 1 aromatic rings. The van der Waals surface area contributed by atoms with Crippen LogP contribution in [0.15, 0.2) is 56.4 Å². The average molecular weight is 405 g/mol. The number of aryl methyl sites for hydroxylation is 1. The molecule has 5 nitrogen and oxygen atoms in total. The molecule has 1 aromatic carbocycles. The lowest BCUT2D eigenvalue weighted by Gasteiger charge is -2.18. The summed E-state index contributed by atoms with van der Waals surface area (Å²) < 4.78 is 29.8. The Bertz CT molecular complexity index is 802. The zero-order valence-electron chi connectivity index (χ0n) is 13.3. The molecule has 3 rings (SSSR count). The molecule has 0 spiro atoms. The van der Waals surface area contributed by atoms with Crippen LogP contribution >= 0.6 is 35.1 Å². The van der Waals surface area contributed by atoms with E-state index in [9.17, 15) is 8.42 Å². The Morgan fingerprint density at radius 1 is 1.33 bits per heavy atom. The van der Waals surface area contributed by atoms with E-state index < -0.39 is 10.1 Å². The molecule has 0 saturated carbocycles. The molecule has 130 valence electrons. The Morgan fingerprint density at radius 2 is 1.96 bits per heavy atom. The van der Waals surface area contributed by atoms with Gasteiger partial charge < -0.3 is 4.90 Å². The molecule has 0 aromatic heterocycles. The summed E-state index contributed by atoms with van der Waals surface area (Å²) in [6.07, 6.45) is 5.92. The van der Waals surface area contributed by atoms with Gasteiger partial charge in [-0.25, -0.2) is 4.99 Å². The largest absolute Gasteiger partial charge is 0.334 e. The first-order valence-corrected chi connectivity index (χ1v) is 10.8. The molecule has 0 fully saturated rings. The van der Waals surface area contributed by atoms with Gasteiger partial charge in [0.05, 0.1) is 14.8 Å². The van der Waals surface area contributed by atoms with E-state index in [0.29, 0.717) is 4.71 Å². The van der Waals surface area contributed by atoms with Gasteiger partial charge in [-0.1, -0.05) is 41.1 Å². The lowest BCUT2D eigenvalue weighted by atomic mass is 10.2. The molecule has 1 atom stereocenters. The molecule has 9 heteroatoms. The summed E-state index contributed by atoms with van der Waals surface area (Å²) >= 11 is 9.44. The Morgan fingerprint density at radius 3 is 2.50 bits per heavy atom. The number of amidine groups is 1. The molecule has 24 heavy (non-hydrogen) atoms. The number of thioether (sulfide) groups is 2. The summed E-state index contributed by atoms with van der Waals surface area (Å²) in [5, 5.41) is 0.769. The third-order valence-electron chi connectivity index (χ3n) is 3.12. The summed E-state index contributed by atoms with van der Waals surface area (Å²) in [6, 6.07) is 5.99. The van der Waals surface area contributed by atoms with Crippen molar-refractivity contribution in [2.24, 2.45) is 4.99 Å². The minimum absolute atomic E-state index is 0.0666. The fourth-order valence-corrected chi connectivity index (χ4v) is 4.50. The van der Waals surface area contributed by atoms with Gasteiger partial charge in [-0.05, 0) is 31.4 Å². The second-order valence-electron chi connectivity index (χ2n) is 5.03. The maximum atomic E-state index is 10.5. The van der Waals surface area contributed by atoms with Gasteiger partial charge in [0, 0.05) is 13.2 Å². The van der Waals surface area contributed by atoms with Crippen LogP contribution in [-0.4, -0.2) is 41.7 Å². The quantitative estimate of drug-likeness (QED) is 0.753. The van der Waals surface area contributed by atoms with Crippen LogP contribution in [0, 0.1) is 6.92 Å². The normalized spacial score (nSPS) is 19.6. The topological polar surface area (TPSA) is 70.0 Å². The van der Waals surface area contributed by atoms with Gasteiger partial charge in [0.1, 0.15) is 10.5 Å². The van der Waals surface area contributed by atoms with E-state index in [4.69, 9.17) is 16.2 Å². The summed E-state index contributed by atoms with van der Waals surface area (Å²) in [6.45, 7) is 1.84.